The Hall–Kier alpha value is -3.29. The van der Waals surface area contributed by atoms with Gasteiger partial charge in [-0.25, -0.2) is 10.1 Å². The van der Waals surface area contributed by atoms with Gasteiger partial charge < -0.3 is 4.90 Å². The highest BCUT2D eigenvalue weighted by Gasteiger charge is 2.40. The van der Waals surface area contributed by atoms with Crippen molar-refractivity contribution in [1.29, 1.82) is 0 Å². The number of pyridine rings is 1. The van der Waals surface area contributed by atoms with Crippen LogP contribution >= 0.6 is 0 Å². The van der Waals surface area contributed by atoms with E-state index in [0.717, 1.165) is 25.7 Å². The van der Waals surface area contributed by atoms with E-state index >= 15 is 0 Å². The average molecular weight is 529 g/mol. The normalized spacial score (nSPS) is 16.4. The van der Waals surface area contributed by atoms with Crippen LogP contribution < -0.4 is 4.90 Å². The van der Waals surface area contributed by atoms with Gasteiger partial charge in [-0.05, 0) is 71.5 Å². The molecule has 198 valence electrons. The molecule has 1 N–H and O–H groups in total. The number of H-pyrrole nitrogens is 1. The first kappa shape index (κ1) is 25.4. The molecule has 3 aromatic rings. The van der Waals surface area contributed by atoms with Gasteiger partial charge in [0, 0.05) is 31.7 Å². The van der Waals surface area contributed by atoms with E-state index in [1.807, 2.05) is 0 Å². The van der Waals surface area contributed by atoms with Crippen molar-refractivity contribution in [1.82, 2.24) is 30.5 Å². The molecule has 2 fully saturated rings. The van der Waals surface area contributed by atoms with Crippen LogP contribution in [0, 0.1) is 5.95 Å². The summed E-state index contributed by atoms with van der Waals surface area (Å²) in [6, 6.07) is 4.91. The second kappa shape index (κ2) is 9.54. The van der Waals surface area contributed by atoms with Crippen molar-refractivity contribution in [2.24, 2.45) is 0 Å². The number of alkyl halides is 6. The quantitative estimate of drug-likeness (QED) is 0.307. The summed E-state index contributed by atoms with van der Waals surface area (Å²) >= 11 is 0. The van der Waals surface area contributed by atoms with Crippen molar-refractivity contribution < 1.29 is 30.7 Å². The summed E-state index contributed by atoms with van der Waals surface area (Å²) in [5.41, 5.74) is -2.06. The highest BCUT2D eigenvalue weighted by molar-refractivity contribution is 5.38. The van der Waals surface area contributed by atoms with E-state index in [4.69, 9.17) is 0 Å². The molecule has 0 saturated heterocycles. The van der Waals surface area contributed by atoms with Crippen LogP contribution in [0.4, 0.5) is 36.7 Å². The zero-order valence-corrected chi connectivity index (χ0v) is 19.3. The molecule has 2 aliphatic rings. The van der Waals surface area contributed by atoms with E-state index in [-0.39, 0.29) is 30.7 Å². The van der Waals surface area contributed by atoms with Crippen molar-refractivity contribution in [3.8, 4) is 0 Å². The molecular formula is C23H22F7N7. The molecule has 14 heteroatoms. The van der Waals surface area contributed by atoms with E-state index in [2.05, 4.69) is 30.5 Å². The zero-order valence-electron chi connectivity index (χ0n) is 19.3. The Morgan fingerprint density at radius 1 is 0.838 bits per heavy atom. The Labute approximate surface area is 206 Å². The fourth-order valence-corrected chi connectivity index (χ4v) is 4.36. The second-order valence-corrected chi connectivity index (χ2v) is 9.37. The predicted octanol–water partition coefficient (Wildman–Crippen LogP) is 5.11. The Bertz CT molecular complexity index is 1190. The van der Waals surface area contributed by atoms with E-state index in [1.165, 1.54) is 17.0 Å². The number of nitrogens with zero attached hydrogens (tertiary/aromatic N) is 6. The van der Waals surface area contributed by atoms with Crippen molar-refractivity contribution in [3.63, 3.8) is 0 Å². The third-order valence-electron chi connectivity index (χ3n) is 6.41. The van der Waals surface area contributed by atoms with Crippen LogP contribution in [0.5, 0.6) is 0 Å². The van der Waals surface area contributed by atoms with Crippen molar-refractivity contribution in [2.45, 2.75) is 69.8 Å². The van der Waals surface area contributed by atoms with Crippen LogP contribution in [-0.4, -0.2) is 42.6 Å². The highest BCUT2D eigenvalue weighted by atomic mass is 19.4. The fourth-order valence-electron chi connectivity index (χ4n) is 4.36. The number of anilines is 1. The average Bonchev–Trinajstić information content (AvgIpc) is 3.76. The van der Waals surface area contributed by atoms with Gasteiger partial charge in [-0.1, -0.05) is 11.2 Å². The number of hydrogen-bond acceptors (Lipinski definition) is 6. The maximum absolute atomic E-state index is 14.1. The summed E-state index contributed by atoms with van der Waals surface area (Å²) in [6.45, 7) is -0.0113. The molecule has 1 aromatic carbocycles. The topological polar surface area (TPSA) is 73.8 Å². The summed E-state index contributed by atoms with van der Waals surface area (Å²) < 4.78 is 94.4. The van der Waals surface area contributed by atoms with Crippen LogP contribution in [0.2, 0.25) is 0 Å². The molecular weight excluding hydrogens is 507 g/mol. The maximum atomic E-state index is 14.1. The fraction of sp³-hybridized carbons (Fsp3) is 0.478. The van der Waals surface area contributed by atoms with E-state index < -0.39 is 29.4 Å². The van der Waals surface area contributed by atoms with Gasteiger partial charge in [0.15, 0.2) is 0 Å². The predicted molar refractivity (Wildman–Crippen MR) is 116 cm³/mol. The van der Waals surface area contributed by atoms with E-state index in [0.29, 0.717) is 42.0 Å². The standard InChI is InChI=1S/C23H22F7N7/c24-20-6-1-14(19(31-20)12-37(17-2-3-17)18-4-5-18)11-36(21-32-34-35-33-21)10-13-7-15(22(25,26)27)9-16(8-13)23(28,29)30/h1,6-9,17-18H,2-5,10-12H2,(H,32,33,34,35). The molecule has 0 aliphatic heterocycles. The third-order valence-corrected chi connectivity index (χ3v) is 6.41. The van der Waals surface area contributed by atoms with Crippen molar-refractivity contribution >= 4 is 5.95 Å². The van der Waals surface area contributed by atoms with Crippen LogP contribution in [0.3, 0.4) is 0 Å². The van der Waals surface area contributed by atoms with Crippen LogP contribution in [0.25, 0.3) is 0 Å². The molecule has 0 radical (unpaired) electrons. The van der Waals surface area contributed by atoms with Gasteiger partial charge in [0.05, 0.1) is 16.8 Å². The lowest BCUT2D eigenvalue weighted by atomic mass is 10.0. The van der Waals surface area contributed by atoms with Crippen LogP contribution in [0.15, 0.2) is 30.3 Å². The van der Waals surface area contributed by atoms with Gasteiger partial charge >= 0.3 is 12.4 Å². The smallest absolute Gasteiger partial charge is 0.331 e. The first-order valence-corrected chi connectivity index (χ1v) is 11.6. The van der Waals surface area contributed by atoms with Gasteiger partial charge in [-0.3, -0.25) is 4.90 Å². The third kappa shape index (κ3) is 6.17. The molecule has 0 spiro atoms. The Kier molecular flexibility index (Phi) is 6.54. The highest BCUT2D eigenvalue weighted by Crippen LogP contribution is 2.39. The molecule has 2 aromatic heterocycles. The number of tetrazole rings is 1. The lowest BCUT2D eigenvalue weighted by Gasteiger charge is -2.26. The monoisotopic (exact) mass is 529 g/mol. The lowest BCUT2D eigenvalue weighted by molar-refractivity contribution is -0.143. The first-order chi connectivity index (χ1) is 17.5. The lowest BCUT2D eigenvalue weighted by Crippen LogP contribution is -2.30. The molecule has 5 rings (SSSR count). The van der Waals surface area contributed by atoms with E-state index in [1.54, 1.807) is 0 Å². The zero-order chi connectivity index (χ0) is 26.4. The Morgan fingerprint density at radius 3 is 1.97 bits per heavy atom. The SMILES string of the molecule is Fc1ccc(CN(Cc2cc(C(F)(F)F)cc(C(F)(F)F)c2)c2nnn[nH]2)c(CN(C2CC2)C2CC2)n1. The van der Waals surface area contributed by atoms with E-state index in [9.17, 15) is 30.7 Å². The molecule has 2 saturated carbocycles. The summed E-state index contributed by atoms with van der Waals surface area (Å²) in [4.78, 5) is 7.75. The number of benzene rings is 1. The number of rotatable bonds is 9. The molecule has 2 heterocycles. The molecule has 0 bridgehead atoms. The van der Waals surface area contributed by atoms with Crippen LogP contribution in [-0.2, 0) is 32.0 Å². The van der Waals surface area contributed by atoms with Gasteiger partial charge in [-0.15, -0.1) is 0 Å². The number of halogens is 7. The number of nitrogens with one attached hydrogen (secondary N) is 1. The molecule has 0 unspecified atom stereocenters. The number of aromatic amines is 1. The van der Waals surface area contributed by atoms with Gasteiger partial charge in [0.25, 0.3) is 0 Å². The largest absolute Gasteiger partial charge is 0.416 e. The summed E-state index contributed by atoms with van der Waals surface area (Å²) in [7, 11) is 0. The van der Waals surface area contributed by atoms with Gasteiger partial charge in [0.1, 0.15) is 0 Å². The Morgan fingerprint density at radius 2 is 1.46 bits per heavy atom. The van der Waals surface area contributed by atoms with Crippen molar-refractivity contribution in [2.75, 3.05) is 4.90 Å². The number of hydrogen-bond donors (Lipinski definition) is 1. The summed E-state index contributed by atoms with van der Waals surface area (Å²) in [6.07, 6.45) is -5.75. The summed E-state index contributed by atoms with van der Waals surface area (Å²) in [5, 5.41) is 13.3. The first-order valence-electron chi connectivity index (χ1n) is 11.6. The minimum absolute atomic E-state index is 0.0275. The maximum Gasteiger partial charge on any atom is 0.416 e. The number of aromatic nitrogens is 5. The molecule has 7 nitrogen and oxygen atoms in total. The summed E-state index contributed by atoms with van der Waals surface area (Å²) in [5.74, 6) is -0.645. The molecule has 0 atom stereocenters. The molecule has 0 amide bonds. The minimum Gasteiger partial charge on any atom is -0.331 e. The molecule has 2 aliphatic carbocycles. The van der Waals surface area contributed by atoms with Crippen molar-refractivity contribution in [3.05, 3.63) is 64.2 Å². The van der Waals surface area contributed by atoms with Gasteiger partial charge in [-0.2, -0.15) is 30.7 Å². The Balaban J connectivity index is 1.47. The molecule has 37 heavy (non-hydrogen) atoms. The minimum atomic E-state index is -4.97. The van der Waals surface area contributed by atoms with Crippen LogP contribution in [0.1, 0.15) is 53.6 Å². The second-order valence-electron chi connectivity index (χ2n) is 9.37. The van der Waals surface area contributed by atoms with Gasteiger partial charge in [0.2, 0.25) is 11.9 Å².